The number of hydrogen-bond acceptors (Lipinski definition) is 1. The van der Waals surface area contributed by atoms with Gasteiger partial charge in [-0.25, -0.2) is 0 Å². The van der Waals surface area contributed by atoms with Crippen LogP contribution in [0.4, 0.5) is 0 Å². The molecule has 0 saturated heterocycles. The molecule has 0 aromatic rings. The quantitative estimate of drug-likeness (QED) is 0.423. The maximum atomic E-state index is 10.3. The Morgan fingerprint density at radius 1 is 1.13 bits per heavy atom. The molecule has 0 heterocycles. The molecule has 4 rings (SSSR count). The van der Waals surface area contributed by atoms with Crippen LogP contribution in [-0.2, 0) is 0 Å². The smallest absolute Gasteiger partial charge is 0.0543 e. The van der Waals surface area contributed by atoms with Crippen LogP contribution in [0.3, 0.4) is 0 Å². The lowest BCUT2D eigenvalue weighted by atomic mass is 9.43. The average Bonchev–Trinajstić information content (AvgIpc) is 3.00. The van der Waals surface area contributed by atoms with Crippen LogP contribution in [0.25, 0.3) is 0 Å². The lowest BCUT2D eigenvalue weighted by Crippen LogP contribution is -2.53. The van der Waals surface area contributed by atoms with Crippen LogP contribution in [0.15, 0.2) is 23.8 Å². The van der Waals surface area contributed by atoms with Gasteiger partial charge in [0.1, 0.15) is 0 Å². The van der Waals surface area contributed by atoms with E-state index in [0.717, 1.165) is 30.6 Å². The van der Waals surface area contributed by atoms with Gasteiger partial charge in [0, 0.05) is 0 Å². The van der Waals surface area contributed by atoms with Gasteiger partial charge in [-0.15, -0.1) is 0 Å². The molecule has 0 aromatic heterocycles. The third kappa shape index (κ3) is 3.60. The van der Waals surface area contributed by atoms with Crippen molar-refractivity contribution in [3.05, 3.63) is 23.8 Å². The van der Waals surface area contributed by atoms with Crippen LogP contribution >= 0.6 is 0 Å². The van der Waals surface area contributed by atoms with Gasteiger partial charge in [0.15, 0.2) is 0 Å². The summed E-state index contributed by atoms with van der Waals surface area (Å²) in [5, 5.41) is 10.3. The van der Waals surface area contributed by atoms with Crippen molar-refractivity contribution < 1.29 is 5.11 Å². The van der Waals surface area contributed by atoms with Gasteiger partial charge in [-0.2, -0.15) is 0 Å². The SMILES string of the molecule is C=C(C)C(CC)CCC(C)C1CCC2(C)C3=CCC4CC(O)CCC4(C)C3CCC12C. The summed E-state index contributed by atoms with van der Waals surface area (Å²) in [4.78, 5) is 0. The summed E-state index contributed by atoms with van der Waals surface area (Å²) in [6.45, 7) is 19.3. The number of rotatable bonds is 6. The first-order valence-corrected chi connectivity index (χ1v) is 13.6. The second-order valence-corrected chi connectivity index (χ2v) is 13.0. The Bertz CT molecular complexity index is 720. The Labute approximate surface area is 193 Å². The van der Waals surface area contributed by atoms with E-state index in [4.69, 9.17) is 0 Å². The molecule has 4 aliphatic carbocycles. The van der Waals surface area contributed by atoms with Crippen LogP contribution < -0.4 is 0 Å². The van der Waals surface area contributed by atoms with Crippen LogP contribution in [0, 0.1) is 45.8 Å². The van der Waals surface area contributed by atoms with Gasteiger partial charge in [0.05, 0.1) is 6.10 Å². The first-order chi connectivity index (χ1) is 14.6. The lowest BCUT2D eigenvalue weighted by molar-refractivity contribution is -0.0629. The number of fused-ring (bicyclic) bond motifs is 5. The Hall–Kier alpha value is -0.560. The molecule has 0 aliphatic heterocycles. The zero-order valence-electron chi connectivity index (χ0n) is 21.5. The molecule has 9 atom stereocenters. The highest BCUT2D eigenvalue weighted by Crippen LogP contribution is 2.72. The van der Waals surface area contributed by atoms with Gasteiger partial charge < -0.3 is 5.11 Å². The summed E-state index contributed by atoms with van der Waals surface area (Å²) in [5.74, 6) is 3.84. The van der Waals surface area contributed by atoms with Crippen molar-refractivity contribution in [3.8, 4) is 0 Å². The second kappa shape index (κ2) is 8.34. The topological polar surface area (TPSA) is 20.2 Å². The van der Waals surface area contributed by atoms with Gasteiger partial charge in [0.25, 0.3) is 0 Å². The van der Waals surface area contributed by atoms with Gasteiger partial charge in [0.2, 0.25) is 0 Å². The van der Waals surface area contributed by atoms with Gasteiger partial charge in [-0.05, 0) is 123 Å². The summed E-state index contributed by atoms with van der Waals surface area (Å²) in [5.41, 5.74) is 4.49. The van der Waals surface area contributed by atoms with E-state index in [1.54, 1.807) is 0 Å². The fourth-order valence-corrected chi connectivity index (χ4v) is 9.30. The molecule has 3 fully saturated rings. The van der Waals surface area contributed by atoms with Crippen molar-refractivity contribution in [1.82, 2.24) is 0 Å². The molecular weight excluding hydrogens is 376 g/mol. The van der Waals surface area contributed by atoms with Crippen molar-refractivity contribution >= 4 is 0 Å². The van der Waals surface area contributed by atoms with Gasteiger partial charge in [-0.1, -0.05) is 58.4 Å². The summed E-state index contributed by atoms with van der Waals surface area (Å²) < 4.78 is 0. The Morgan fingerprint density at radius 2 is 1.87 bits per heavy atom. The summed E-state index contributed by atoms with van der Waals surface area (Å²) in [6.07, 6.45) is 16.6. The summed E-state index contributed by atoms with van der Waals surface area (Å²) in [7, 11) is 0. The lowest BCUT2D eigenvalue weighted by Gasteiger charge is -2.61. The van der Waals surface area contributed by atoms with E-state index in [2.05, 4.69) is 54.2 Å². The molecule has 1 heteroatoms. The van der Waals surface area contributed by atoms with Crippen molar-refractivity contribution in [2.24, 2.45) is 45.8 Å². The Balaban J connectivity index is 1.55. The zero-order valence-corrected chi connectivity index (χ0v) is 21.5. The minimum absolute atomic E-state index is 0.0553. The molecule has 3 saturated carbocycles. The molecule has 31 heavy (non-hydrogen) atoms. The molecular formula is C30H50O. The number of aliphatic hydroxyl groups is 1. The molecule has 9 unspecified atom stereocenters. The summed E-state index contributed by atoms with van der Waals surface area (Å²) in [6, 6.07) is 0. The predicted octanol–water partition coefficient (Wildman–Crippen LogP) is 8.34. The molecule has 0 bridgehead atoms. The maximum absolute atomic E-state index is 10.3. The first-order valence-electron chi connectivity index (χ1n) is 13.6. The molecule has 176 valence electrons. The molecule has 0 spiro atoms. The van der Waals surface area contributed by atoms with E-state index < -0.39 is 0 Å². The highest BCUT2D eigenvalue weighted by molar-refractivity contribution is 5.32. The molecule has 1 nitrogen and oxygen atoms in total. The van der Waals surface area contributed by atoms with E-state index in [0.29, 0.717) is 28.1 Å². The highest BCUT2D eigenvalue weighted by Gasteiger charge is 2.63. The average molecular weight is 427 g/mol. The van der Waals surface area contributed by atoms with Crippen LogP contribution in [0.1, 0.15) is 112 Å². The first kappa shape index (κ1) is 23.6. The van der Waals surface area contributed by atoms with Crippen molar-refractivity contribution in [2.45, 2.75) is 118 Å². The van der Waals surface area contributed by atoms with E-state index in [1.165, 1.54) is 63.4 Å². The molecule has 0 aromatic carbocycles. The van der Waals surface area contributed by atoms with Crippen LogP contribution in [0.2, 0.25) is 0 Å². The minimum atomic E-state index is -0.0553. The van der Waals surface area contributed by atoms with E-state index in [-0.39, 0.29) is 6.10 Å². The van der Waals surface area contributed by atoms with Gasteiger partial charge >= 0.3 is 0 Å². The van der Waals surface area contributed by atoms with Crippen molar-refractivity contribution in [3.63, 3.8) is 0 Å². The number of hydrogen-bond donors (Lipinski definition) is 1. The van der Waals surface area contributed by atoms with Gasteiger partial charge in [-0.3, -0.25) is 0 Å². The number of allylic oxidation sites excluding steroid dienone is 3. The molecule has 0 radical (unpaired) electrons. The summed E-state index contributed by atoms with van der Waals surface area (Å²) >= 11 is 0. The Morgan fingerprint density at radius 3 is 2.55 bits per heavy atom. The third-order valence-corrected chi connectivity index (χ3v) is 11.8. The standard InChI is InChI=1S/C30H50O/c1-8-22(20(2)3)10-9-21(4)25-14-17-30(7)27-12-11-23-19-24(31)13-16-28(23,5)26(27)15-18-29(25,30)6/h12,21-26,31H,2,8-11,13-19H2,1,3-7H3. The van der Waals surface area contributed by atoms with Crippen molar-refractivity contribution in [2.75, 3.05) is 0 Å². The molecule has 4 aliphatic rings. The minimum Gasteiger partial charge on any atom is -0.393 e. The highest BCUT2D eigenvalue weighted by atomic mass is 16.3. The van der Waals surface area contributed by atoms with E-state index >= 15 is 0 Å². The Kier molecular flexibility index (Phi) is 6.35. The zero-order chi connectivity index (χ0) is 22.6. The number of aliphatic hydroxyl groups excluding tert-OH is 1. The van der Waals surface area contributed by atoms with E-state index in [1.807, 2.05) is 5.57 Å². The third-order valence-electron chi connectivity index (χ3n) is 11.8. The molecule has 1 N–H and O–H groups in total. The normalized spacial score (nSPS) is 46.4. The van der Waals surface area contributed by atoms with Crippen molar-refractivity contribution in [1.29, 1.82) is 0 Å². The van der Waals surface area contributed by atoms with Crippen LogP contribution in [0.5, 0.6) is 0 Å². The van der Waals surface area contributed by atoms with Crippen LogP contribution in [-0.4, -0.2) is 11.2 Å². The largest absolute Gasteiger partial charge is 0.393 e. The van der Waals surface area contributed by atoms with E-state index in [9.17, 15) is 5.11 Å². The predicted molar refractivity (Wildman–Crippen MR) is 133 cm³/mol. The molecule has 0 amide bonds. The monoisotopic (exact) mass is 426 g/mol. The second-order valence-electron chi connectivity index (χ2n) is 13.0. The fourth-order valence-electron chi connectivity index (χ4n) is 9.30. The maximum Gasteiger partial charge on any atom is 0.0543 e. The fraction of sp³-hybridized carbons (Fsp3) is 0.867.